The molecule has 7 heteroatoms. The number of esters is 1. The second-order valence-corrected chi connectivity index (χ2v) is 6.10. The number of ether oxygens (including phenoxy) is 1. The largest absolute Gasteiger partial charge is 0.476 e. The number of carboxylic acids is 1. The van der Waals surface area contributed by atoms with E-state index in [1.807, 2.05) is 0 Å². The average molecular weight is 395 g/mol. The quantitative estimate of drug-likeness (QED) is 0.726. The Balaban J connectivity index is 2.33. The molecule has 2 rings (SSSR count). The Kier molecular flexibility index (Phi) is 6.14. The maximum Gasteiger partial charge on any atom is 0.355 e. The Morgan fingerprint density at radius 3 is 2.50 bits per heavy atom. The summed E-state index contributed by atoms with van der Waals surface area (Å²) < 4.78 is 6.72. The molecule has 0 atom stereocenters. The summed E-state index contributed by atoms with van der Waals surface area (Å²) in [7, 11) is 1.33. The summed E-state index contributed by atoms with van der Waals surface area (Å²) in [6.45, 7) is 2.45. The Morgan fingerprint density at radius 2 is 1.96 bits per heavy atom. The van der Waals surface area contributed by atoms with Gasteiger partial charge >= 0.3 is 11.9 Å². The molecule has 0 aliphatic rings. The minimum Gasteiger partial charge on any atom is -0.476 e. The lowest BCUT2D eigenvalue weighted by Crippen LogP contribution is -2.13. The fraction of sp³-hybridized carbons (Fsp3) is 0.353. The Bertz CT molecular complexity index is 738. The molecule has 6 nitrogen and oxygen atoms in total. The van der Waals surface area contributed by atoms with Crippen molar-refractivity contribution in [1.29, 1.82) is 0 Å². The van der Waals surface area contributed by atoms with E-state index in [0.29, 0.717) is 23.1 Å². The lowest BCUT2D eigenvalue weighted by molar-refractivity contribution is 0.0599. The molecule has 24 heavy (non-hydrogen) atoms. The topological polar surface area (TPSA) is 81.4 Å². The lowest BCUT2D eigenvalue weighted by atomic mass is 10.1. The van der Waals surface area contributed by atoms with Crippen LogP contribution < -0.4 is 0 Å². The molecule has 0 unspecified atom stereocenters. The van der Waals surface area contributed by atoms with E-state index in [0.717, 1.165) is 24.2 Å². The number of rotatable bonds is 7. The van der Waals surface area contributed by atoms with E-state index in [9.17, 15) is 14.7 Å². The van der Waals surface area contributed by atoms with Gasteiger partial charge in [-0.2, -0.15) is 0 Å². The van der Waals surface area contributed by atoms with Gasteiger partial charge in [0.15, 0.2) is 5.69 Å². The molecule has 0 radical (unpaired) electrons. The summed E-state index contributed by atoms with van der Waals surface area (Å²) in [5, 5.41) is 9.46. The van der Waals surface area contributed by atoms with Gasteiger partial charge < -0.3 is 14.4 Å². The summed E-state index contributed by atoms with van der Waals surface area (Å²) in [4.78, 5) is 27.4. The maximum atomic E-state index is 11.6. The molecular formula is C17H19BrN2O4. The Morgan fingerprint density at radius 1 is 1.29 bits per heavy atom. The van der Waals surface area contributed by atoms with Crippen molar-refractivity contribution in [2.45, 2.75) is 32.7 Å². The van der Waals surface area contributed by atoms with Crippen LogP contribution >= 0.6 is 15.9 Å². The molecule has 0 saturated heterocycles. The van der Waals surface area contributed by atoms with Gasteiger partial charge in [0.25, 0.3) is 0 Å². The first-order valence-corrected chi connectivity index (χ1v) is 8.42. The first-order valence-electron chi connectivity index (χ1n) is 7.63. The van der Waals surface area contributed by atoms with E-state index >= 15 is 0 Å². The molecule has 0 saturated carbocycles. The van der Waals surface area contributed by atoms with Gasteiger partial charge in [-0.15, -0.1) is 0 Å². The number of aromatic carboxylic acids is 1. The van der Waals surface area contributed by atoms with Gasteiger partial charge in [0.2, 0.25) is 0 Å². The van der Waals surface area contributed by atoms with E-state index < -0.39 is 11.9 Å². The zero-order valence-electron chi connectivity index (χ0n) is 13.6. The molecule has 1 heterocycles. The van der Waals surface area contributed by atoms with Gasteiger partial charge in [-0.05, 0) is 40.0 Å². The monoisotopic (exact) mass is 394 g/mol. The number of carbonyl (C=O) groups is 2. The third-order valence-corrected chi connectivity index (χ3v) is 4.23. The highest BCUT2D eigenvalue weighted by atomic mass is 79.9. The van der Waals surface area contributed by atoms with Crippen molar-refractivity contribution in [3.63, 3.8) is 0 Å². The predicted molar refractivity (Wildman–Crippen MR) is 92.4 cm³/mol. The van der Waals surface area contributed by atoms with Crippen LogP contribution in [0.2, 0.25) is 0 Å². The molecule has 1 N–H and O–H groups in total. The number of imidazole rings is 1. The predicted octanol–water partition coefficient (Wildman–Crippen LogP) is 3.52. The number of hydrogen-bond acceptors (Lipinski definition) is 4. The summed E-state index contributed by atoms with van der Waals surface area (Å²) in [6.07, 6.45) is 2.65. The number of methoxy groups -OCH3 is 1. The molecular weight excluding hydrogens is 376 g/mol. The van der Waals surface area contributed by atoms with E-state index in [4.69, 9.17) is 0 Å². The number of carbonyl (C=O) groups excluding carboxylic acids is 1. The molecule has 0 spiro atoms. The van der Waals surface area contributed by atoms with Crippen LogP contribution in [0.25, 0.3) is 0 Å². The van der Waals surface area contributed by atoms with Crippen molar-refractivity contribution < 1.29 is 19.4 Å². The van der Waals surface area contributed by atoms with Gasteiger partial charge in [0.1, 0.15) is 10.4 Å². The lowest BCUT2D eigenvalue weighted by Gasteiger charge is -2.10. The van der Waals surface area contributed by atoms with Crippen molar-refractivity contribution >= 4 is 27.9 Å². The molecule has 0 fully saturated rings. The van der Waals surface area contributed by atoms with Crippen LogP contribution in [0.1, 0.15) is 52.0 Å². The third-order valence-electron chi connectivity index (χ3n) is 3.68. The zero-order chi connectivity index (χ0) is 17.7. The number of hydrogen-bond donors (Lipinski definition) is 1. The smallest absolute Gasteiger partial charge is 0.355 e. The van der Waals surface area contributed by atoms with Crippen LogP contribution in [0.3, 0.4) is 0 Å². The first kappa shape index (κ1) is 18.2. The highest BCUT2D eigenvalue weighted by Crippen LogP contribution is 2.21. The van der Waals surface area contributed by atoms with Crippen LogP contribution in [0.5, 0.6) is 0 Å². The molecule has 0 aliphatic carbocycles. The fourth-order valence-corrected chi connectivity index (χ4v) is 3.00. The SMILES string of the molecule is CCCCc1nc(Br)c(C(=O)O)n1Cc1ccc(C(=O)OC)cc1. The minimum absolute atomic E-state index is 0.137. The van der Waals surface area contributed by atoms with Crippen LogP contribution in [0, 0.1) is 0 Å². The fourth-order valence-electron chi connectivity index (χ4n) is 2.41. The number of unbranched alkanes of at least 4 members (excludes halogenated alkanes) is 1. The Labute approximate surface area is 148 Å². The molecule has 0 aliphatic heterocycles. The average Bonchev–Trinajstić information content (AvgIpc) is 2.88. The van der Waals surface area contributed by atoms with Gasteiger partial charge in [-0.3, -0.25) is 0 Å². The molecule has 0 amide bonds. The van der Waals surface area contributed by atoms with E-state index in [1.165, 1.54) is 7.11 Å². The number of nitrogens with zero attached hydrogens (tertiary/aromatic N) is 2. The van der Waals surface area contributed by atoms with Gasteiger partial charge in [0.05, 0.1) is 12.7 Å². The van der Waals surface area contributed by atoms with Crippen LogP contribution in [0.4, 0.5) is 0 Å². The molecule has 0 bridgehead atoms. The standard InChI is InChI=1S/C17H19BrN2O4/c1-3-4-5-13-19-15(18)14(16(21)22)20(13)10-11-6-8-12(9-7-11)17(23)24-2/h6-9H,3-5,10H2,1-2H3,(H,21,22). The summed E-state index contributed by atoms with van der Waals surface area (Å²) in [5.41, 5.74) is 1.48. The third kappa shape index (κ3) is 4.03. The molecule has 2 aromatic rings. The van der Waals surface area contributed by atoms with Crippen LogP contribution in [0.15, 0.2) is 28.9 Å². The summed E-state index contributed by atoms with van der Waals surface area (Å²) in [5.74, 6) is -0.691. The van der Waals surface area contributed by atoms with Crippen molar-refractivity contribution in [1.82, 2.24) is 9.55 Å². The number of aryl methyl sites for hydroxylation is 1. The normalized spacial score (nSPS) is 10.6. The van der Waals surface area contributed by atoms with Crippen molar-refractivity contribution in [3.8, 4) is 0 Å². The van der Waals surface area contributed by atoms with Crippen molar-refractivity contribution in [2.75, 3.05) is 7.11 Å². The summed E-state index contributed by atoms with van der Waals surface area (Å²) >= 11 is 3.24. The minimum atomic E-state index is -1.02. The number of carboxylic acid groups (broad SMARTS) is 1. The summed E-state index contributed by atoms with van der Waals surface area (Å²) in [6, 6.07) is 6.91. The number of halogens is 1. The first-order chi connectivity index (χ1) is 11.5. The van der Waals surface area contributed by atoms with Gasteiger partial charge in [0, 0.05) is 13.0 Å². The van der Waals surface area contributed by atoms with Gasteiger partial charge in [-0.25, -0.2) is 14.6 Å². The second kappa shape index (κ2) is 8.10. The van der Waals surface area contributed by atoms with Gasteiger partial charge in [-0.1, -0.05) is 25.5 Å². The van der Waals surface area contributed by atoms with Crippen molar-refractivity contribution in [2.24, 2.45) is 0 Å². The highest BCUT2D eigenvalue weighted by molar-refractivity contribution is 9.10. The van der Waals surface area contributed by atoms with Crippen molar-refractivity contribution in [3.05, 3.63) is 51.5 Å². The van der Waals surface area contributed by atoms with Crippen LogP contribution in [-0.2, 0) is 17.7 Å². The number of benzene rings is 1. The molecule has 1 aromatic heterocycles. The van der Waals surface area contributed by atoms with E-state index in [2.05, 4.69) is 32.6 Å². The number of aromatic nitrogens is 2. The zero-order valence-corrected chi connectivity index (χ0v) is 15.2. The van der Waals surface area contributed by atoms with Crippen LogP contribution in [-0.4, -0.2) is 33.7 Å². The maximum absolute atomic E-state index is 11.6. The van der Waals surface area contributed by atoms with E-state index in [-0.39, 0.29) is 5.69 Å². The van der Waals surface area contributed by atoms with E-state index in [1.54, 1.807) is 28.8 Å². The Hall–Kier alpha value is -2.15. The molecule has 1 aromatic carbocycles. The highest BCUT2D eigenvalue weighted by Gasteiger charge is 2.21. The second-order valence-electron chi connectivity index (χ2n) is 5.35. The molecule has 128 valence electrons.